The van der Waals surface area contributed by atoms with Crippen LogP contribution in [-0.4, -0.2) is 63.0 Å². The molecule has 12 heteroatoms. The van der Waals surface area contributed by atoms with Crippen molar-refractivity contribution in [2.45, 2.75) is 45.6 Å². The van der Waals surface area contributed by atoms with E-state index in [9.17, 15) is 14.7 Å². The first-order chi connectivity index (χ1) is 16.1. The van der Waals surface area contributed by atoms with E-state index in [1.807, 2.05) is 27.8 Å². The van der Waals surface area contributed by atoms with Gasteiger partial charge in [0, 0.05) is 31.6 Å². The predicted octanol–water partition coefficient (Wildman–Crippen LogP) is 2.75. The Balaban J connectivity index is 1.54. The number of nitrogens with zero attached hydrogens (tertiary/aromatic N) is 7. The number of H-pyrrole nitrogens is 1. The van der Waals surface area contributed by atoms with Crippen LogP contribution in [0, 0.1) is 5.41 Å². The van der Waals surface area contributed by atoms with Crippen molar-refractivity contribution in [1.82, 2.24) is 39.2 Å². The molecule has 34 heavy (non-hydrogen) atoms. The predicted molar refractivity (Wildman–Crippen MR) is 121 cm³/mol. The Kier molecular flexibility index (Phi) is 5.03. The lowest BCUT2D eigenvalue weighted by molar-refractivity contribution is 0.0518. The topological polar surface area (TPSA) is 147 Å². The first-order valence-electron chi connectivity index (χ1n) is 11.0. The summed E-state index contributed by atoms with van der Waals surface area (Å²) in [5.41, 5.74) is 1.84. The first-order valence-corrected chi connectivity index (χ1v) is 11.0. The van der Waals surface area contributed by atoms with Gasteiger partial charge in [0.05, 0.1) is 24.4 Å². The zero-order chi connectivity index (χ0) is 24.2. The Labute approximate surface area is 194 Å². The molecule has 0 aliphatic carbocycles. The quantitative estimate of drug-likeness (QED) is 0.468. The number of carboxylic acid groups (broad SMARTS) is 1. The van der Waals surface area contributed by atoms with Gasteiger partial charge in [0.1, 0.15) is 16.9 Å². The van der Waals surface area contributed by atoms with Crippen molar-refractivity contribution in [1.29, 1.82) is 0 Å². The Morgan fingerprint density at radius 3 is 2.68 bits per heavy atom. The summed E-state index contributed by atoms with van der Waals surface area (Å²) >= 11 is 0. The van der Waals surface area contributed by atoms with Gasteiger partial charge in [-0.15, -0.1) is 10.2 Å². The molecule has 12 nitrogen and oxygen atoms in total. The zero-order valence-corrected chi connectivity index (χ0v) is 19.4. The normalized spacial score (nSPS) is 19.1. The number of hydrogen-bond donors (Lipinski definition) is 2. The molecule has 0 spiro atoms. The number of aromatic amines is 1. The summed E-state index contributed by atoms with van der Waals surface area (Å²) in [6.07, 6.45) is 5.12. The van der Waals surface area contributed by atoms with Gasteiger partial charge in [-0.3, -0.25) is 4.79 Å². The molecule has 4 aromatic heterocycles. The van der Waals surface area contributed by atoms with Gasteiger partial charge in [-0.25, -0.2) is 14.3 Å². The molecule has 2 atom stereocenters. The molecule has 178 valence electrons. The second kappa shape index (κ2) is 7.82. The van der Waals surface area contributed by atoms with E-state index in [0.29, 0.717) is 42.2 Å². The monoisotopic (exact) mass is 466 g/mol. The second-order valence-electron chi connectivity index (χ2n) is 9.76. The minimum Gasteiger partial charge on any atom is -0.465 e. The minimum atomic E-state index is -0.920. The molecule has 0 saturated carbocycles. The van der Waals surface area contributed by atoms with E-state index in [-0.39, 0.29) is 28.8 Å². The van der Waals surface area contributed by atoms with Crippen molar-refractivity contribution in [3.8, 4) is 23.0 Å². The van der Waals surface area contributed by atoms with Crippen LogP contribution in [0.4, 0.5) is 4.79 Å². The number of hydrogen-bond acceptors (Lipinski definition) is 7. The van der Waals surface area contributed by atoms with Crippen LogP contribution in [0.5, 0.6) is 0 Å². The van der Waals surface area contributed by atoms with Crippen molar-refractivity contribution in [3.63, 3.8) is 0 Å². The molecule has 1 amide bonds. The first kappa shape index (κ1) is 21.9. The number of aryl methyl sites for hydroxylation is 1. The molecule has 0 bridgehead atoms. The van der Waals surface area contributed by atoms with E-state index in [1.54, 1.807) is 33.9 Å². The van der Waals surface area contributed by atoms with Crippen molar-refractivity contribution in [3.05, 3.63) is 40.8 Å². The standard InChI is InChI=1S/C22H26N8O4/c1-22(2,3)16-7-12(5-6-29(16)21(32)33)14-8-17(31)25-18-13(9-24-30(14)18)19-26-27-20(34-19)15-10-23-11-28(15)4/h8-12,16H,5-7H2,1-4H3,(H,25,31)(H,32,33). The molecule has 0 radical (unpaired) electrons. The number of amides is 1. The summed E-state index contributed by atoms with van der Waals surface area (Å²) in [5, 5.41) is 22.5. The fraction of sp³-hybridized carbons (Fsp3) is 0.455. The Morgan fingerprint density at radius 1 is 1.24 bits per heavy atom. The van der Waals surface area contributed by atoms with Gasteiger partial charge < -0.3 is 24.0 Å². The maximum absolute atomic E-state index is 12.6. The molecular formula is C22H26N8O4. The fourth-order valence-electron chi connectivity index (χ4n) is 4.74. The van der Waals surface area contributed by atoms with Crippen molar-refractivity contribution < 1.29 is 14.3 Å². The van der Waals surface area contributed by atoms with Gasteiger partial charge in [-0.05, 0) is 18.3 Å². The molecule has 1 saturated heterocycles. The third-order valence-electron chi connectivity index (χ3n) is 6.49. The van der Waals surface area contributed by atoms with Crippen molar-refractivity contribution in [2.75, 3.05) is 6.54 Å². The summed E-state index contributed by atoms with van der Waals surface area (Å²) in [5.74, 6) is 0.499. The number of piperidine rings is 1. The number of imidazole rings is 1. The summed E-state index contributed by atoms with van der Waals surface area (Å²) < 4.78 is 9.31. The highest BCUT2D eigenvalue weighted by atomic mass is 16.4. The molecule has 1 aliphatic heterocycles. The highest BCUT2D eigenvalue weighted by Crippen LogP contribution is 2.39. The van der Waals surface area contributed by atoms with Crippen LogP contribution in [-0.2, 0) is 7.05 Å². The lowest BCUT2D eigenvalue weighted by Crippen LogP contribution is -2.51. The number of carbonyl (C=O) groups is 1. The van der Waals surface area contributed by atoms with Crippen LogP contribution in [0.25, 0.3) is 28.7 Å². The van der Waals surface area contributed by atoms with E-state index in [1.165, 1.54) is 4.90 Å². The Morgan fingerprint density at radius 2 is 2.00 bits per heavy atom. The lowest BCUT2D eigenvalue weighted by Gasteiger charge is -2.44. The molecule has 1 fully saturated rings. The van der Waals surface area contributed by atoms with Crippen LogP contribution in [0.15, 0.2) is 34.0 Å². The summed E-state index contributed by atoms with van der Waals surface area (Å²) in [6.45, 7) is 6.49. The minimum absolute atomic E-state index is 0.0370. The average Bonchev–Trinajstić information content (AvgIpc) is 3.51. The van der Waals surface area contributed by atoms with E-state index < -0.39 is 6.09 Å². The SMILES string of the molecule is Cn1cncc1-c1nnc(-c2cnn3c(C4CCN(C(=O)O)C(C(C)(C)C)C4)cc(=O)[nH]c23)o1. The lowest BCUT2D eigenvalue weighted by atomic mass is 9.76. The molecule has 0 aromatic carbocycles. The maximum atomic E-state index is 12.6. The average molecular weight is 467 g/mol. The molecule has 1 aliphatic rings. The van der Waals surface area contributed by atoms with Gasteiger partial charge in [0.15, 0.2) is 0 Å². The zero-order valence-electron chi connectivity index (χ0n) is 19.4. The second-order valence-corrected chi connectivity index (χ2v) is 9.76. The number of aromatic nitrogens is 7. The molecule has 5 rings (SSSR count). The summed E-state index contributed by atoms with van der Waals surface area (Å²) in [6, 6.07) is 1.35. The summed E-state index contributed by atoms with van der Waals surface area (Å²) in [4.78, 5) is 32.9. The molecule has 2 N–H and O–H groups in total. The van der Waals surface area contributed by atoms with Crippen LogP contribution in [0.3, 0.4) is 0 Å². The van der Waals surface area contributed by atoms with Gasteiger partial charge in [-0.1, -0.05) is 20.8 Å². The highest BCUT2D eigenvalue weighted by molar-refractivity contribution is 5.71. The number of fused-ring (bicyclic) bond motifs is 1. The van der Waals surface area contributed by atoms with E-state index in [0.717, 1.165) is 5.69 Å². The maximum Gasteiger partial charge on any atom is 0.407 e. The number of likely N-dealkylation sites (tertiary alicyclic amines) is 1. The number of rotatable bonds is 3. The Hall–Kier alpha value is -3.96. The van der Waals surface area contributed by atoms with Gasteiger partial charge in [0.2, 0.25) is 0 Å². The third-order valence-corrected chi connectivity index (χ3v) is 6.49. The molecule has 2 unspecified atom stereocenters. The van der Waals surface area contributed by atoms with Gasteiger partial charge in [0.25, 0.3) is 17.3 Å². The van der Waals surface area contributed by atoms with E-state index in [4.69, 9.17) is 4.42 Å². The largest absolute Gasteiger partial charge is 0.465 e. The fourth-order valence-corrected chi connectivity index (χ4v) is 4.74. The van der Waals surface area contributed by atoms with Crippen LogP contribution < -0.4 is 5.56 Å². The van der Waals surface area contributed by atoms with Crippen LogP contribution >= 0.6 is 0 Å². The smallest absolute Gasteiger partial charge is 0.407 e. The van der Waals surface area contributed by atoms with Crippen LogP contribution in [0.2, 0.25) is 0 Å². The summed E-state index contributed by atoms with van der Waals surface area (Å²) in [7, 11) is 1.83. The molecular weight excluding hydrogens is 440 g/mol. The van der Waals surface area contributed by atoms with Gasteiger partial charge in [-0.2, -0.15) is 5.10 Å². The third kappa shape index (κ3) is 3.64. The highest BCUT2D eigenvalue weighted by Gasteiger charge is 2.40. The molecule has 4 aromatic rings. The van der Waals surface area contributed by atoms with Crippen molar-refractivity contribution >= 4 is 11.7 Å². The van der Waals surface area contributed by atoms with Gasteiger partial charge >= 0.3 is 6.09 Å². The van der Waals surface area contributed by atoms with Crippen LogP contribution in [0.1, 0.15) is 45.2 Å². The van der Waals surface area contributed by atoms with E-state index >= 15 is 0 Å². The number of nitrogens with one attached hydrogen (secondary N) is 1. The van der Waals surface area contributed by atoms with E-state index in [2.05, 4.69) is 25.3 Å². The Bertz CT molecular complexity index is 1420. The van der Waals surface area contributed by atoms with Crippen molar-refractivity contribution in [2.24, 2.45) is 12.5 Å². The molecule has 5 heterocycles.